The Balaban J connectivity index is 0.00000267. The minimum atomic E-state index is -4.12. The predicted molar refractivity (Wildman–Crippen MR) is 135 cm³/mol. The fraction of sp³-hybridized carbons (Fsp3) is 0.360. The van der Waals surface area contributed by atoms with E-state index in [9.17, 15) is 22.7 Å². The molecule has 0 spiro atoms. The molecule has 2 bridgehead atoms. The van der Waals surface area contributed by atoms with Crippen LogP contribution in [0.3, 0.4) is 0 Å². The maximum Gasteiger partial charge on any atom is 0.286 e. The molecule has 2 fully saturated rings. The van der Waals surface area contributed by atoms with Crippen LogP contribution in [0.2, 0.25) is 0 Å². The number of amidine groups is 1. The molecule has 0 saturated heterocycles. The highest BCUT2D eigenvalue weighted by Crippen LogP contribution is 2.55. The molecule has 4 N–H and O–H groups in total. The second-order valence-electron chi connectivity index (χ2n) is 9.74. The summed E-state index contributed by atoms with van der Waals surface area (Å²) in [6.45, 7) is 0.407. The van der Waals surface area contributed by atoms with E-state index < -0.39 is 15.9 Å². The number of anilines is 1. The first-order chi connectivity index (χ1) is 16.8. The van der Waals surface area contributed by atoms with Crippen LogP contribution in [0.25, 0.3) is 0 Å². The number of carbonyl (C=O) groups excluding carboxylic acids is 1. The summed E-state index contributed by atoms with van der Waals surface area (Å²) in [5.41, 5.74) is 7.22. The number of halogens is 2. The third kappa shape index (κ3) is 3.79. The van der Waals surface area contributed by atoms with Crippen molar-refractivity contribution in [3.05, 3.63) is 70.7 Å². The Hall–Kier alpha value is -2.95. The average Bonchev–Trinajstić information content (AvgIpc) is 3.45. The first-order valence-corrected chi connectivity index (χ1v) is 13.1. The molecule has 2 aliphatic carbocycles. The average molecular weight is 533 g/mol. The van der Waals surface area contributed by atoms with Crippen LogP contribution < -0.4 is 11.1 Å². The number of sulfonamides is 1. The first kappa shape index (κ1) is 24.7. The predicted octanol–water partition coefficient (Wildman–Crippen LogP) is 3.49. The molecule has 2 aliphatic heterocycles. The van der Waals surface area contributed by atoms with Crippen LogP contribution in [-0.4, -0.2) is 36.2 Å². The van der Waals surface area contributed by atoms with E-state index in [2.05, 4.69) is 9.71 Å². The molecule has 1 amide bonds. The van der Waals surface area contributed by atoms with E-state index in [1.54, 1.807) is 29.2 Å². The molecule has 2 aromatic carbocycles. The molecule has 11 heteroatoms. The summed E-state index contributed by atoms with van der Waals surface area (Å²) < 4.78 is 43.4. The van der Waals surface area contributed by atoms with Gasteiger partial charge in [-0.1, -0.05) is 18.2 Å². The van der Waals surface area contributed by atoms with Crippen LogP contribution in [0, 0.1) is 23.6 Å². The number of amides is 1. The lowest BCUT2D eigenvalue weighted by Crippen LogP contribution is -2.53. The highest BCUT2D eigenvalue weighted by Gasteiger charge is 2.57. The molecule has 2 saturated carbocycles. The van der Waals surface area contributed by atoms with Gasteiger partial charge < -0.3 is 21.1 Å². The minimum absolute atomic E-state index is 0. The van der Waals surface area contributed by atoms with Gasteiger partial charge in [0.15, 0.2) is 5.84 Å². The molecule has 2 aromatic rings. The summed E-state index contributed by atoms with van der Waals surface area (Å²) in [6.07, 6.45) is 2.83. The quantitative estimate of drug-likeness (QED) is 0.553. The number of aliphatic hydroxyl groups excluding tert-OH is 1. The molecule has 0 aromatic heterocycles. The summed E-state index contributed by atoms with van der Waals surface area (Å²) in [4.78, 5) is 15.5. The van der Waals surface area contributed by atoms with Gasteiger partial charge in [-0.05, 0) is 66.5 Å². The first-order valence-electron chi connectivity index (χ1n) is 11.7. The summed E-state index contributed by atoms with van der Waals surface area (Å²) in [6, 6.07) is 10.5. The van der Waals surface area contributed by atoms with Gasteiger partial charge in [-0.2, -0.15) is 8.42 Å². The largest absolute Gasteiger partial charge is 0.511 e. The Morgan fingerprint density at radius 3 is 2.53 bits per heavy atom. The third-order valence-corrected chi connectivity index (χ3v) is 9.12. The maximum atomic E-state index is 13.9. The molecular weight excluding hydrogens is 507 g/mol. The number of carbonyl (C=O) groups is 1. The van der Waals surface area contributed by atoms with E-state index in [1.807, 2.05) is 0 Å². The van der Waals surface area contributed by atoms with Gasteiger partial charge >= 0.3 is 0 Å². The second-order valence-corrected chi connectivity index (χ2v) is 11.3. The van der Waals surface area contributed by atoms with Gasteiger partial charge in [0.1, 0.15) is 22.0 Å². The Kier molecular flexibility index (Phi) is 6.09. The van der Waals surface area contributed by atoms with E-state index >= 15 is 0 Å². The summed E-state index contributed by atoms with van der Waals surface area (Å²) in [5, 5.41) is 14.3. The van der Waals surface area contributed by atoms with Crippen LogP contribution in [-0.2, 0) is 27.9 Å². The number of nitrogens with two attached hydrogens (primary N) is 1. The lowest BCUT2D eigenvalue weighted by Gasteiger charge is -2.44. The Morgan fingerprint density at radius 2 is 1.81 bits per heavy atom. The van der Waals surface area contributed by atoms with Crippen LogP contribution in [0.4, 0.5) is 10.1 Å². The van der Waals surface area contributed by atoms with Crippen molar-refractivity contribution in [2.75, 3.05) is 5.32 Å². The second kappa shape index (κ2) is 8.86. The van der Waals surface area contributed by atoms with Crippen LogP contribution in [0.15, 0.2) is 63.1 Å². The van der Waals surface area contributed by atoms with Gasteiger partial charge in [0.05, 0.1) is 5.69 Å². The Labute approximate surface area is 214 Å². The van der Waals surface area contributed by atoms with Crippen molar-refractivity contribution in [2.45, 2.75) is 43.3 Å². The van der Waals surface area contributed by atoms with Crippen molar-refractivity contribution in [2.24, 2.45) is 27.9 Å². The van der Waals surface area contributed by atoms with Crippen molar-refractivity contribution < 1.29 is 22.7 Å². The number of nitrogens with zero attached hydrogens (tertiary/aromatic N) is 2. The smallest absolute Gasteiger partial charge is 0.286 e. The molecule has 2 heterocycles. The Morgan fingerprint density at radius 1 is 1.11 bits per heavy atom. The van der Waals surface area contributed by atoms with E-state index in [0.717, 1.165) is 24.8 Å². The molecule has 0 unspecified atom stereocenters. The number of rotatable bonds is 4. The molecular formula is C25H26ClFN4O4S. The van der Waals surface area contributed by atoms with E-state index in [4.69, 9.17) is 5.73 Å². The number of aliphatic hydroxyl groups is 1. The molecule has 0 radical (unpaired) electrons. The zero-order chi connectivity index (χ0) is 24.5. The topological polar surface area (TPSA) is 125 Å². The minimum Gasteiger partial charge on any atom is -0.511 e. The van der Waals surface area contributed by atoms with Crippen molar-refractivity contribution in [1.29, 1.82) is 0 Å². The van der Waals surface area contributed by atoms with Crippen LogP contribution in [0.1, 0.15) is 30.4 Å². The van der Waals surface area contributed by atoms with Gasteiger partial charge in [0.2, 0.25) is 0 Å². The monoisotopic (exact) mass is 532 g/mol. The number of benzene rings is 2. The van der Waals surface area contributed by atoms with Gasteiger partial charge in [-0.15, -0.1) is 16.8 Å². The van der Waals surface area contributed by atoms with Gasteiger partial charge in [0.25, 0.3) is 15.9 Å². The fourth-order valence-corrected chi connectivity index (χ4v) is 7.45. The number of hydrogen-bond acceptors (Lipinski definition) is 6. The van der Waals surface area contributed by atoms with Crippen molar-refractivity contribution >= 4 is 39.9 Å². The van der Waals surface area contributed by atoms with Crippen molar-refractivity contribution in [1.82, 2.24) is 4.90 Å². The molecule has 4 aliphatic rings. The molecule has 190 valence electrons. The maximum absolute atomic E-state index is 13.9. The molecule has 6 rings (SSSR count). The van der Waals surface area contributed by atoms with Gasteiger partial charge in [0, 0.05) is 25.0 Å². The summed E-state index contributed by atoms with van der Waals surface area (Å²) in [7, 11) is -4.12. The van der Waals surface area contributed by atoms with E-state index in [-0.39, 0.29) is 82.9 Å². The van der Waals surface area contributed by atoms with E-state index in [1.165, 1.54) is 18.2 Å². The summed E-state index contributed by atoms with van der Waals surface area (Å²) >= 11 is 0. The molecule has 8 nitrogen and oxygen atoms in total. The lowest BCUT2D eigenvalue weighted by atomic mass is 9.77. The zero-order valence-electron chi connectivity index (χ0n) is 19.2. The van der Waals surface area contributed by atoms with Crippen LogP contribution in [0.5, 0.6) is 0 Å². The molecule has 36 heavy (non-hydrogen) atoms. The normalized spacial score (nSPS) is 27.7. The highest BCUT2D eigenvalue weighted by molar-refractivity contribution is 7.90. The number of nitrogens with one attached hydrogen (secondary N) is 1. The summed E-state index contributed by atoms with van der Waals surface area (Å²) in [5.74, 6) is -0.921. The Bertz CT molecular complexity index is 1410. The number of fused-ring (bicyclic) bond motifs is 6. The zero-order valence-corrected chi connectivity index (χ0v) is 20.9. The van der Waals surface area contributed by atoms with Crippen molar-refractivity contribution in [3.63, 3.8) is 0 Å². The SMILES string of the molecule is Cl.NCc1ccc2c(c1)S(=O)(=O)N=C(C1=C(O)[C@@H]3[C@H]4CC[C@H](C4)[C@@H]3N(Cc3ccc(F)cc3)C1=O)N2. The third-order valence-electron chi connectivity index (χ3n) is 7.81. The lowest BCUT2D eigenvalue weighted by molar-refractivity contribution is -0.134. The molecule has 4 atom stereocenters. The highest BCUT2D eigenvalue weighted by atomic mass is 35.5. The van der Waals surface area contributed by atoms with Crippen LogP contribution >= 0.6 is 12.4 Å². The number of hydrogen-bond donors (Lipinski definition) is 3. The van der Waals surface area contributed by atoms with E-state index in [0.29, 0.717) is 5.56 Å². The standard InChI is InChI=1S/C25H25FN4O4S.ClH/c26-17-6-1-13(2-7-17)12-30-22-16-5-4-15(10-16)20(22)23(31)21(25(30)32)24-28-18-8-3-14(11-27)9-19(18)35(33,34)29-24;/h1-3,6-9,15-16,20,22,31H,4-5,10-12,27H2,(H,28,29);1H/t15-,16+,20+,22-;/m0./s1. The van der Waals surface area contributed by atoms with Gasteiger partial charge in [-0.3, -0.25) is 4.79 Å². The van der Waals surface area contributed by atoms with Crippen molar-refractivity contribution in [3.8, 4) is 0 Å². The van der Waals surface area contributed by atoms with Gasteiger partial charge in [-0.25, -0.2) is 4.39 Å². The fourth-order valence-electron chi connectivity index (χ4n) is 6.27.